The summed E-state index contributed by atoms with van der Waals surface area (Å²) in [4.78, 5) is 37.3. The zero-order valence-corrected chi connectivity index (χ0v) is 42.6. The molecule has 65 heavy (non-hydrogen) atoms. The van der Waals surface area contributed by atoms with E-state index in [2.05, 4.69) is 74.6 Å². The molecule has 0 heterocycles. The molecule has 0 fully saturated rings. The summed E-state index contributed by atoms with van der Waals surface area (Å²) in [5.41, 5.74) is 0. The summed E-state index contributed by atoms with van der Waals surface area (Å²) in [6, 6.07) is 0. The number of quaternary nitrogens is 1. The van der Waals surface area contributed by atoms with Crippen molar-refractivity contribution >= 4 is 17.9 Å². The van der Waals surface area contributed by atoms with E-state index in [1.54, 1.807) is 0 Å². The molecule has 0 aliphatic heterocycles. The van der Waals surface area contributed by atoms with Crippen molar-refractivity contribution < 1.29 is 42.9 Å². The highest BCUT2D eigenvalue weighted by molar-refractivity contribution is 5.71. The second-order valence-corrected chi connectivity index (χ2v) is 18.8. The number of hydrogen-bond acceptors (Lipinski definition) is 7. The van der Waals surface area contributed by atoms with Crippen LogP contribution in [0.15, 0.2) is 60.8 Å². The monoisotopic (exact) mass is 915 g/mol. The first-order chi connectivity index (χ1) is 31.6. The zero-order chi connectivity index (χ0) is 47.7. The van der Waals surface area contributed by atoms with Crippen LogP contribution in [0, 0.1) is 0 Å². The van der Waals surface area contributed by atoms with Crippen molar-refractivity contribution in [2.24, 2.45) is 0 Å². The van der Waals surface area contributed by atoms with Crippen LogP contribution in [0.3, 0.4) is 0 Å². The number of carboxylic acid groups (broad SMARTS) is 1. The number of nitrogens with zero attached hydrogens (tertiary/aromatic N) is 1. The highest BCUT2D eigenvalue weighted by Gasteiger charge is 2.25. The fourth-order valence-electron chi connectivity index (χ4n) is 7.22. The normalized spacial score (nSPS) is 13.3. The maximum absolute atomic E-state index is 12.8. The molecule has 9 heteroatoms. The highest BCUT2D eigenvalue weighted by Crippen LogP contribution is 2.16. The molecule has 0 spiro atoms. The number of rotatable bonds is 48. The molecule has 0 aliphatic rings. The van der Waals surface area contributed by atoms with Gasteiger partial charge in [0.15, 0.2) is 6.10 Å². The van der Waals surface area contributed by atoms with Gasteiger partial charge in [0.1, 0.15) is 13.2 Å². The van der Waals surface area contributed by atoms with E-state index < -0.39 is 24.3 Å². The molecule has 0 aromatic rings. The SMILES string of the molecule is CC/C=C\C/C=C\C/C=C\C/C=C\C/C=C\CCCCCC(=O)OC(COC(=O)CCCCCCCCCCCCCCCCCCCCCCC)COC(OCC[N+](C)(C)C)C(=O)O. The minimum Gasteiger partial charge on any atom is -0.477 e. The molecular weight excluding hydrogens is 815 g/mol. The number of ether oxygens (including phenoxy) is 4. The lowest BCUT2D eigenvalue weighted by molar-refractivity contribution is -0.870. The van der Waals surface area contributed by atoms with E-state index in [4.69, 9.17) is 18.9 Å². The lowest BCUT2D eigenvalue weighted by Gasteiger charge is -2.25. The van der Waals surface area contributed by atoms with Crippen molar-refractivity contribution in [1.82, 2.24) is 0 Å². The van der Waals surface area contributed by atoms with Gasteiger partial charge in [-0.05, 0) is 57.8 Å². The average molecular weight is 915 g/mol. The smallest absolute Gasteiger partial charge is 0.361 e. The molecule has 0 aromatic carbocycles. The van der Waals surface area contributed by atoms with Crippen molar-refractivity contribution in [3.63, 3.8) is 0 Å². The molecular formula is C56H100NO8+. The van der Waals surface area contributed by atoms with Gasteiger partial charge in [-0.3, -0.25) is 9.59 Å². The van der Waals surface area contributed by atoms with Crippen LogP contribution < -0.4 is 0 Å². The van der Waals surface area contributed by atoms with E-state index in [9.17, 15) is 19.5 Å². The van der Waals surface area contributed by atoms with Gasteiger partial charge in [-0.25, -0.2) is 4.79 Å². The Hall–Kier alpha value is -3.01. The third-order valence-electron chi connectivity index (χ3n) is 11.3. The Balaban J connectivity index is 4.36. The molecule has 0 aliphatic carbocycles. The first-order valence-electron chi connectivity index (χ1n) is 26.5. The lowest BCUT2D eigenvalue weighted by Crippen LogP contribution is -2.40. The Labute approximate surface area is 399 Å². The first-order valence-corrected chi connectivity index (χ1v) is 26.5. The maximum Gasteiger partial charge on any atom is 0.361 e. The summed E-state index contributed by atoms with van der Waals surface area (Å²) in [5, 5.41) is 9.67. The maximum atomic E-state index is 12.8. The fourth-order valence-corrected chi connectivity index (χ4v) is 7.22. The summed E-state index contributed by atoms with van der Waals surface area (Å²) >= 11 is 0. The Morgan fingerprint density at radius 2 is 0.877 bits per heavy atom. The lowest BCUT2D eigenvalue weighted by atomic mass is 10.0. The van der Waals surface area contributed by atoms with E-state index in [1.807, 2.05) is 21.1 Å². The molecule has 0 radical (unpaired) electrons. The predicted octanol–water partition coefficient (Wildman–Crippen LogP) is 14.9. The Morgan fingerprint density at radius 1 is 0.477 bits per heavy atom. The summed E-state index contributed by atoms with van der Waals surface area (Å²) in [7, 11) is 5.95. The van der Waals surface area contributed by atoms with E-state index >= 15 is 0 Å². The number of carboxylic acids is 1. The molecule has 0 saturated heterocycles. The summed E-state index contributed by atoms with van der Waals surface area (Å²) in [5.74, 6) is -2.05. The van der Waals surface area contributed by atoms with Crippen molar-refractivity contribution in [3.8, 4) is 0 Å². The standard InChI is InChI=1S/C56H99NO8/c1-6-8-10-12-14-16-18-20-22-24-26-27-29-30-32-34-36-38-40-42-44-46-53(58)63-50-52(51-64-56(55(60)61)62-49-48-57(3,4)5)65-54(59)47-45-43-41-39-37-35-33-31-28-25-23-21-19-17-15-13-11-9-7-2/h9,11,15,17,21,23,28,31,35,37,52,56H,6-8,10,12-14,16,18-20,22,24-27,29-30,32-34,36,38-51H2,1-5H3/p+1/b11-9-,17-15-,23-21-,31-28-,37-35-. The van der Waals surface area contributed by atoms with E-state index in [0.29, 0.717) is 23.9 Å². The fraction of sp³-hybridized carbons (Fsp3) is 0.768. The Morgan fingerprint density at radius 3 is 1.31 bits per heavy atom. The number of carbonyl (C=O) groups excluding carboxylic acids is 2. The molecule has 0 aromatic heterocycles. The molecule has 0 bridgehead atoms. The van der Waals surface area contributed by atoms with Crippen molar-refractivity contribution in [1.29, 1.82) is 0 Å². The highest BCUT2D eigenvalue weighted by atomic mass is 16.7. The molecule has 9 nitrogen and oxygen atoms in total. The van der Waals surface area contributed by atoms with Crippen molar-refractivity contribution in [2.75, 3.05) is 47.5 Å². The van der Waals surface area contributed by atoms with Gasteiger partial charge < -0.3 is 28.5 Å². The van der Waals surface area contributed by atoms with Gasteiger partial charge in [-0.2, -0.15) is 0 Å². The molecule has 0 amide bonds. The largest absolute Gasteiger partial charge is 0.477 e. The second-order valence-electron chi connectivity index (χ2n) is 18.8. The van der Waals surface area contributed by atoms with Crippen molar-refractivity contribution in [3.05, 3.63) is 60.8 Å². The van der Waals surface area contributed by atoms with E-state index in [1.165, 1.54) is 116 Å². The van der Waals surface area contributed by atoms with Crippen LogP contribution in [0.1, 0.15) is 219 Å². The van der Waals surface area contributed by atoms with Gasteiger partial charge in [0.05, 0.1) is 34.4 Å². The third kappa shape index (κ3) is 48.7. The van der Waals surface area contributed by atoms with Crippen LogP contribution >= 0.6 is 0 Å². The molecule has 376 valence electrons. The summed E-state index contributed by atoms with van der Waals surface area (Å²) in [6.45, 7) is 4.74. The Kier molecular flexibility index (Phi) is 45.3. The molecule has 1 N–H and O–H groups in total. The minimum absolute atomic E-state index is 0.180. The summed E-state index contributed by atoms with van der Waals surface area (Å²) < 4.78 is 22.8. The number of likely N-dealkylation sites (N-methyl/N-ethyl adjacent to an activating group) is 1. The number of hydrogen-bond donors (Lipinski definition) is 1. The second kappa shape index (κ2) is 47.5. The first kappa shape index (κ1) is 62.0. The predicted molar refractivity (Wildman–Crippen MR) is 272 cm³/mol. The number of unbranched alkanes of at least 4 members (excludes halogenated alkanes) is 23. The average Bonchev–Trinajstić information content (AvgIpc) is 3.27. The quantitative estimate of drug-likeness (QED) is 0.0211. The molecule has 0 rings (SSSR count). The van der Waals surface area contributed by atoms with Crippen LogP contribution in [-0.2, 0) is 33.3 Å². The van der Waals surface area contributed by atoms with Crippen LogP contribution in [0.5, 0.6) is 0 Å². The molecule has 2 unspecified atom stereocenters. The van der Waals surface area contributed by atoms with Gasteiger partial charge in [-0.1, -0.05) is 209 Å². The Bertz CT molecular complexity index is 1250. The van der Waals surface area contributed by atoms with Gasteiger partial charge in [-0.15, -0.1) is 0 Å². The summed E-state index contributed by atoms with van der Waals surface area (Å²) in [6.07, 6.45) is 55.8. The number of allylic oxidation sites excluding steroid dienone is 10. The zero-order valence-electron chi connectivity index (χ0n) is 42.6. The third-order valence-corrected chi connectivity index (χ3v) is 11.3. The van der Waals surface area contributed by atoms with Crippen LogP contribution in [0.25, 0.3) is 0 Å². The topological polar surface area (TPSA) is 108 Å². The number of carbonyl (C=O) groups is 3. The van der Waals surface area contributed by atoms with Crippen LogP contribution in [0.4, 0.5) is 0 Å². The van der Waals surface area contributed by atoms with E-state index in [0.717, 1.165) is 70.6 Å². The van der Waals surface area contributed by atoms with Crippen molar-refractivity contribution in [2.45, 2.75) is 232 Å². The van der Waals surface area contributed by atoms with Crippen LogP contribution in [-0.4, -0.2) is 87.4 Å². The number of esters is 2. The molecule has 2 atom stereocenters. The van der Waals surface area contributed by atoms with Gasteiger partial charge in [0.2, 0.25) is 0 Å². The molecule has 0 saturated carbocycles. The van der Waals surface area contributed by atoms with Gasteiger partial charge in [0.25, 0.3) is 6.29 Å². The van der Waals surface area contributed by atoms with Gasteiger partial charge >= 0.3 is 17.9 Å². The van der Waals surface area contributed by atoms with Gasteiger partial charge in [0, 0.05) is 12.8 Å². The number of aliphatic carboxylic acids is 1. The van der Waals surface area contributed by atoms with E-state index in [-0.39, 0.29) is 32.2 Å². The minimum atomic E-state index is -1.52. The van der Waals surface area contributed by atoms with Crippen LogP contribution in [0.2, 0.25) is 0 Å².